The van der Waals surface area contributed by atoms with Gasteiger partial charge in [-0.3, -0.25) is 0 Å². The van der Waals surface area contributed by atoms with Gasteiger partial charge in [0.15, 0.2) is 5.76 Å². The molecule has 1 aromatic rings. The first-order valence-electron chi connectivity index (χ1n) is 3.01. The van der Waals surface area contributed by atoms with Crippen LogP contribution in [0.2, 0.25) is 0 Å². The van der Waals surface area contributed by atoms with E-state index in [2.05, 4.69) is 26.4 Å². The number of aromatic nitrogens is 1. The molecule has 1 N–H and O–H groups in total. The van der Waals surface area contributed by atoms with Gasteiger partial charge in [0.05, 0.1) is 16.7 Å². The van der Waals surface area contributed by atoms with E-state index in [1.807, 2.05) is 14.0 Å². The fourth-order valence-corrected chi connectivity index (χ4v) is 0.961. The maximum absolute atomic E-state index is 4.98. The lowest BCUT2D eigenvalue weighted by molar-refractivity contribution is 0.373. The van der Waals surface area contributed by atoms with Gasteiger partial charge >= 0.3 is 0 Å². The summed E-state index contributed by atoms with van der Waals surface area (Å²) in [6.45, 7) is 2.61. The van der Waals surface area contributed by atoms with E-state index in [0.29, 0.717) is 6.54 Å². The zero-order chi connectivity index (χ0) is 7.56. The highest BCUT2D eigenvalue weighted by Gasteiger charge is 2.07. The van der Waals surface area contributed by atoms with Crippen LogP contribution in [-0.4, -0.2) is 12.2 Å². The molecule has 0 aliphatic heterocycles. The number of nitrogens with one attached hydrogen (secondary N) is 1. The smallest absolute Gasteiger partial charge is 0.164 e. The second kappa shape index (κ2) is 3.16. The van der Waals surface area contributed by atoms with Gasteiger partial charge < -0.3 is 9.84 Å². The van der Waals surface area contributed by atoms with Crippen LogP contribution in [0.25, 0.3) is 0 Å². The summed E-state index contributed by atoms with van der Waals surface area (Å²) < 4.78 is 5.94. The monoisotopic (exact) mass is 204 g/mol. The molecular weight excluding hydrogens is 196 g/mol. The summed E-state index contributed by atoms with van der Waals surface area (Å²) >= 11 is 3.35. The lowest BCUT2D eigenvalue weighted by atomic mass is 10.4. The van der Waals surface area contributed by atoms with Gasteiger partial charge in [-0.1, -0.05) is 5.16 Å². The van der Waals surface area contributed by atoms with E-state index in [1.54, 1.807) is 0 Å². The zero-order valence-corrected chi connectivity index (χ0v) is 7.53. The summed E-state index contributed by atoms with van der Waals surface area (Å²) in [6, 6.07) is 0. The molecule has 1 rings (SSSR count). The molecule has 3 nitrogen and oxygen atoms in total. The van der Waals surface area contributed by atoms with Crippen LogP contribution in [0.5, 0.6) is 0 Å². The molecule has 0 amide bonds. The Balaban J connectivity index is 2.83. The standard InChI is InChI=1S/C6H9BrN2O/c1-4-6(7)5(3-8-2)10-9-4/h8H,3H2,1-2H3. The average molecular weight is 205 g/mol. The number of rotatable bonds is 2. The highest BCUT2D eigenvalue weighted by atomic mass is 79.9. The summed E-state index contributed by atoms with van der Waals surface area (Å²) in [5.41, 5.74) is 0.894. The normalized spacial score (nSPS) is 10.3. The average Bonchev–Trinajstić information content (AvgIpc) is 2.20. The van der Waals surface area contributed by atoms with Crippen LogP contribution in [0, 0.1) is 6.92 Å². The number of aryl methyl sites for hydroxylation is 1. The lowest BCUT2D eigenvalue weighted by Gasteiger charge is -1.91. The van der Waals surface area contributed by atoms with Crippen molar-refractivity contribution in [3.05, 3.63) is 15.9 Å². The number of nitrogens with zero attached hydrogens (tertiary/aromatic N) is 1. The first-order chi connectivity index (χ1) is 4.75. The molecule has 0 aliphatic carbocycles. The highest BCUT2D eigenvalue weighted by molar-refractivity contribution is 9.10. The SMILES string of the molecule is CNCc1onc(C)c1Br. The third-order valence-electron chi connectivity index (χ3n) is 1.19. The second-order valence-corrected chi connectivity index (χ2v) is 2.83. The molecule has 56 valence electrons. The largest absolute Gasteiger partial charge is 0.359 e. The van der Waals surface area contributed by atoms with Crippen molar-refractivity contribution in [3.8, 4) is 0 Å². The third kappa shape index (κ3) is 1.38. The van der Waals surface area contributed by atoms with Gasteiger partial charge in [0.25, 0.3) is 0 Å². The molecule has 0 bridgehead atoms. The molecule has 1 aromatic heterocycles. The fourth-order valence-electron chi connectivity index (χ4n) is 0.676. The molecule has 0 aromatic carbocycles. The van der Waals surface area contributed by atoms with Gasteiger partial charge in [-0.05, 0) is 29.9 Å². The summed E-state index contributed by atoms with van der Waals surface area (Å²) in [5, 5.41) is 6.75. The molecular formula is C6H9BrN2O. The predicted molar refractivity (Wildman–Crippen MR) is 41.7 cm³/mol. The van der Waals surface area contributed by atoms with Crippen molar-refractivity contribution < 1.29 is 4.52 Å². The Kier molecular flexibility index (Phi) is 2.45. The van der Waals surface area contributed by atoms with Crippen LogP contribution >= 0.6 is 15.9 Å². The van der Waals surface area contributed by atoms with E-state index in [4.69, 9.17) is 4.52 Å². The number of hydrogen-bond acceptors (Lipinski definition) is 3. The first kappa shape index (κ1) is 7.75. The van der Waals surface area contributed by atoms with Crippen molar-refractivity contribution in [2.75, 3.05) is 7.05 Å². The van der Waals surface area contributed by atoms with Crippen molar-refractivity contribution in [3.63, 3.8) is 0 Å². The highest BCUT2D eigenvalue weighted by Crippen LogP contribution is 2.19. The van der Waals surface area contributed by atoms with Crippen LogP contribution in [0.3, 0.4) is 0 Å². The van der Waals surface area contributed by atoms with Crippen molar-refractivity contribution in [2.24, 2.45) is 0 Å². The quantitative estimate of drug-likeness (QED) is 0.794. The molecule has 0 saturated heterocycles. The molecule has 1 heterocycles. The van der Waals surface area contributed by atoms with E-state index >= 15 is 0 Å². The molecule has 0 fully saturated rings. The van der Waals surface area contributed by atoms with Gasteiger partial charge in [0, 0.05) is 0 Å². The minimum absolute atomic E-state index is 0.710. The minimum atomic E-state index is 0.710. The van der Waals surface area contributed by atoms with Gasteiger partial charge in [-0.2, -0.15) is 0 Å². The zero-order valence-electron chi connectivity index (χ0n) is 5.94. The molecule has 0 aliphatic rings. The lowest BCUT2D eigenvalue weighted by Crippen LogP contribution is -2.04. The Labute approximate surface area is 67.9 Å². The predicted octanol–water partition coefficient (Wildman–Crippen LogP) is 1.46. The third-order valence-corrected chi connectivity index (χ3v) is 2.21. The minimum Gasteiger partial charge on any atom is -0.359 e. The number of halogens is 1. The van der Waals surface area contributed by atoms with Crippen LogP contribution in [0.1, 0.15) is 11.5 Å². The molecule has 0 spiro atoms. The molecule has 4 heteroatoms. The van der Waals surface area contributed by atoms with Crippen LogP contribution in [0.4, 0.5) is 0 Å². The fraction of sp³-hybridized carbons (Fsp3) is 0.500. The Hall–Kier alpha value is -0.350. The van der Waals surface area contributed by atoms with E-state index in [-0.39, 0.29) is 0 Å². The van der Waals surface area contributed by atoms with Crippen molar-refractivity contribution in [1.29, 1.82) is 0 Å². The second-order valence-electron chi connectivity index (χ2n) is 2.04. The molecule has 10 heavy (non-hydrogen) atoms. The molecule has 0 atom stereocenters. The summed E-state index contributed by atoms with van der Waals surface area (Å²) in [7, 11) is 1.87. The topological polar surface area (TPSA) is 38.1 Å². The van der Waals surface area contributed by atoms with E-state index in [1.165, 1.54) is 0 Å². The Bertz CT molecular complexity index is 222. The summed E-state index contributed by atoms with van der Waals surface area (Å²) in [4.78, 5) is 0. The number of hydrogen-bond donors (Lipinski definition) is 1. The van der Waals surface area contributed by atoms with E-state index in [0.717, 1.165) is 15.9 Å². The van der Waals surface area contributed by atoms with Crippen molar-refractivity contribution >= 4 is 15.9 Å². The molecule has 0 radical (unpaired) electrons. The van der Waals surface area contributed by atoms with Crippen molar-refractivity contribution in [1.82, 2.24) is 10.5 Å². The summed E-state index contributed by atoms with van der Waals surface area (Å²) in [5.74, 6) is 0.847. The maximum atomic E-state index is 4.98. The van der Waals surface area contributed by atoms with Gasteiger partial charge in [-0.25, -0.2) is 0 Å². The Morgan fingerprint density at radius 3 is 2.80 bits per heavy atom. The maximum Gasteiger partial charge on any atom is 0.164 e. The van der Waals surface area contributed by atoms with Crippen LogP contribution in [0.15, 0.2) is 9.00 Å². The first-order valence-corrected chi connectivity index (χ1v) is 3.80. The van der Waals surface area contributed by atoms with Gasteiger partial charge in [0.2, 0.25) is 0 Å². The molecule has 0 unspecified atom stereocenters. The summed E-state index contributed by atoms with van der Waals surface area (Å²) in [6.07, 6.45) is 0. The molecule has 0 saturated carbocycles. The Morgan fingerprint density at radius 2 is 2.40 bits per heavy atom. The van der Waals surface area contributed by atoms with Gasteiger partial charge in [-0.15, -0.1) is 0 Å². The van der Waals surface area contributed by atoms with Crippen LogP contribution in [-0.2, 0) is 6.54 Å². The van der Waals surface area contributed by atoms with Crippen LogP contribution < -0.4 is 5.32 Å². The van der Waals surface area contributed by atoms with E-state index in [9.17, 15) is 0 Å². The van der Waals surface area contributed by atoms with Crippen molar-refractivity contribution in [2.45, 2.75) is 13.5 Å². The van der Waals surface area contributed by atoms with Gasteiger partial charge in [0.1, 0.15) is 0 Å². The van der Waals surface area contributed by atoms with E-state index < -0.39 is 0 Å². The Morgan fingerprint density at radius 1 is 1.70 bits per heavy atom.